The largest absolute Gasteiger partial charge is 0.495 e. The number of anilines is 2. The van der Waals surface area contributed by atoms with Crippen LogP contribution in [0.15, 0.2) is 64.3 Å². The van der Waals surface area contributed by atoms with Crippen molar-refractivity contribution in [2.75, 3.05) is 29.8 Å². The summed E-state index contributed by atoms with van der Waals surface area (Å²) in [5.74, 6) is 0.473. The number of methoxy groups -OCH3 is 1. The second kappa shape index (κ2) is 8.88. The van der Waals surface area contributed by atoms with E-state index in [1.54, 1.807) is 37.6 Å². The first kappa shape index (κ1) is 22.2. The number of furan rings is 1. The summed E-state index contributed by atoms with van der Waals surface area (Å²) in [5, 5.41) is 3.51. The molecule has 7 nitrogen and oxygen atoms in total. The Hall–Kier alpha value is -2.97. The number of benzene rings is 2. The lowest BCUT2D eigenvalue weighted by molar-refractivity contribution is 0.406. The van der Waals surface area contributed by atoms with Gasteiger partial charge in [-0.2, -0.15) is 0 Å². The Labute approximate surface area is 189 Å². The van der Waals surface area contributed by atoms with Crippen molar-refractivity contribution >= 4 is 21.4 Å². The van der Waals surface area contributed by atoms with Crippen molar-refractivity contribution < 1.29 is 17.6 Å². The zero-order valence-corrected chi connectivity index (χ0v) is 19.6. The van der Waals surface area contributed by atoms with Gasteiger partial charge in [-0.25, -0.2) is 8.42 Å². The van der Waals surface area contributed by atoms with E-state index in [0.29, 0.717) is 29.1 Å². The average molecular weight is 456 g/mol. The highest BCUT2D eigenvalue weighted by Gasteiger charge is 2.24. The van der Waals surface area contributed by atoms with Crippen LogP contribution in [-0.2, 0) is 10.0 Å². The van der Waals surface area contributed by atoms with E-state index in [9.17, 15) is 8.42 Å². The van der Waals surface area contributed by atoms with Gasteiger partial charge in [0.15, 0.2) is 0 Å². The van der Waals surface area contributed by atoms with Gasteiger partial charge in [0, 0.05) is 36.4 Å². The lowest BCUT2D eigenvalue weighted by atomic mass is 10.1. The van der Waals surface area contributed by atoms with E-state index in [-0.39, 0.29) is 4.90 Å². The van der Waals surface area contributed by atoms with Gasteiger partial charge in [-0.3, -0.25) is 4.72 Å². The summed E-state index contributed by atoms with van der Waals surface area (Å²) < 4.78 is 39.9. The van der Waals surface area contributed by atoms with Crippen molar-refractivity contribution in [2.45, 2.75) is 37.8 Å². The van der Waals surface area contributed by atoms with E-state index < -0.39 is 10.0 Å². The standard InChI is InChI=1S/C24H29N3O4S/c1-16-11-19(20-9-10-31-15-20)5-8-24(16)32(28,29)26-22-12-21(6-7-23(22)30-4)27-13-17(2)25-18(3)14-27/h5-12,15,17-18,25-26H,13-14H2,1-4H3. The normalized spacial score (nSPS) is 19.1. The molecule has 0 aliphatic carbocycles. The maximum Gasteiger partial charge on any atom is 0.262 e. The number of nitrogens with one attached hydrogen (secondary N) is 2. The van der Waals surface area contributed by atoms with Crippen LogP contribution in [0, 0.1) is 6.92 Å². The minimum Gasteiger partial charge on any atom is -0.495 e. The summed E-state index contributed by atoms with van der Waals surface area (Å²) in [5.41, 5.74) is 3.82. The summed E-state index contributed by atoms with van der Waals surface area (Å²) in [6, 6.07) is 13.4. The summed E-state index contributed by atoms with van der Waals surface area (Å²) in [6.45, 7) is 7.77. The fourth-order valence-corrected chi connectivity index (χ4v) is 5.56. The van der Waals surface area contributed by atoms with Gasteiger partial charge in [-0.15, -0.1) is 0 Å². The van der Waals surface area contributed by atoms with Gasteiger partial charge in [0.05, 0.1) is 30.2 Å². The predicted octanol–water partition coefficient (Wildman–Crippen LogP) is 4.25. The summed E-state index contributed by atoms with van der Waals surface area (Å²) in [7, 11) is -2.28. The third-order valence-corrected chi connectivity index (χ3v) is 7.19. The molecule has 0 radical (unpaired) electrons. The highest BCUT2D eigenvalue weighted by atomic mass is 32.2. The van der Waals surface area contributed by atoms with E-state index in [0.717, 1.165) is 29.9 Å². The van der Waals surface area contributed by atoms with Gasteiger partial charge in [-0.1, -0.05) is 6.07 Å². The van der Waals surface area contributed by atoms with Crippen LogP contribution < -0.4 is 19.7 Å². The Morgan fingerprint density at radius 1 is 1.06 bits per heavy atom. The maximum atomic E-state index is 13.3. The Morgan fingerprint density at radius 2 is 1.81 bits per heavy atom. The molecule has 0 spiro atoms. The molecule has 8 heteroatoms. The average Bonchev–Trinajstić information content (AvgIpc) is 3.27. The van der Waals surface area contributed by atoms with Crippen LogP contribution in [-0.4, -0.2) is 40.7 Å². The number of piperazine rings is 1. The van der Waals surface area contributed by atoms with Crippen LogP contribution >= 0.6 is 0 Å². The lowest BCUT2D eigenvalue weighted by Gasteiger charge is -2.38. The number of ether oxygens (including phenoxy) is 1. The van der Waals surface area contributed by atoms with Crippen molar-refractivity contribution in [3.8, 4) is 16.9 Å². The number of hydrogen-bond acceptors (Lipinski definition) is 6. The van der Waals surface area contributed by atoms with Crippen LogP contribution in [0.5, 0.6) is 5.75 Å². The molecular formula is C24H29N3O4S. The molecule has 1 fully saturated rings. The molecule has 0 amide bonds. The molecular weight excluding hydrogens is 426 g/mol. The van der Waals surface area contributed by atoms with Crippen molar-refractivity contribution in [1.29, 1.82) is 0 Å². The number of aryl methyl sites for hydroxylation is 1. The zero-order valence-electron chi connectivity index (χ0n) is 18.8. The first-order valence-electron chi connectivity index (χ1n) is 10.6. The smallest absolute Gasteiger partial charge is 0.262 e. The Kier molecular flexibility index (Phi) is 6.17. The fraction of sp³-hybridized carbons (Fsp3) is 0.333. The van der Waals surface area contributed by atoms with E-state index in [4.69, 9.17) is 9.15 Å². The second-order valence-corrected chi connectivity index (χ2v) is 10.0. The van der Waals surface area contributed by atoms with Crippen molar-refractivity contribution in [1.82, 2.24) is 5.32 Å². The molecule has 170 valence electrons. The van der Waals surface area contributed by atoms with Crippen LogP contribution in [0.2, 0.25) is 0 Å². The molecule has 2 aromatic carbocycles. The molecule has 1 aliphatic heterocycles. The SMILES string of the molecule is COc1ccc(N2CC(C)NC(C)C2)cc1NS(=O)(=O)c1ccc(-c2ccoc2)cc1C. The molecule has 1 aliphatic rings. The lowest BCUT2D eigenvalue weighted by Crippen LogP contribution is -2.54. The van der Waals surface area contributed by atoms with Gasteiger partial charge in [0.2, 0.25) is 0 Å². The van der Waals surface area contributed by atoms with Crippen molar-refractivity contribution in [3.63, 3.8) is 0 Å². The summed E-state index contributed by atoms with van der Waals surface area (Å²) in [4.78, 5) is 2.48. The first-order valence-corrected chi connectivity index (χ1v) is 12.1. The highest BCUT2D eigenvalue weighted by Crippen LogP contribution is 2.33. The first-order chi connectivity index (χ1) is 15.3. The molecule has 4 rings (SSSR count). The number of sulfonamides is 1. The number of hydrogen-bond donors (Lipinski definition) is 2. The van der Waals surface area contributed by atoms with E-state index in [1.165, 1.54) is 7.11 Å². The van der Waals surface area contributed by atoms with Gasteiger partial charge < -0.3 is 19.4 Å². The molecule has 32 heavy (non-hydrogen) atoms. The molecule has 2 unspecified atom stereocenters. The summed E-state index contributed by atoms with van der Waals surface area (Å²) in [6.07, 6.45) is 3.23. The minimum atomic E-state index is -3.82. The van der Waals surface area contributed by atoms with E-state index >= 15 is 0 Å². The minimum absolute atomic E-state index is 0.224. The Balaban J connectivity index is 1.64. The third kappa shape index (κ3) is 4.61. The molecule has 0 saturated carbocycles. The topological polar surface area (TPSA) is 83.8 Å². The molecule has 3 aromatic rings. The fourth-order valence-electron chi connectivity index (χ4n) is 4.27. The molecule has 1 aromatic heterocycles. The quantitative estimate of drug-likeness (QED) is 0.578. The van der Waals surface area contributed by atoms with Crippen LogP contribution in [0.1, 0.15) is 19.4 Å². The van der Waals surface area contributed by atoms with Gasteiger partial charge in [0.1, 0.15) is 5.75 Å². The monoisotopic (exact) mass is 455 g/mol. The molecule has 0 bridgehead atoms. The Bertz CT molecular complexity index is 1180. The van der Waals surface area contributed by atoms with E-state index in [2.05, 4.69) is 28.8 Å². The van der Waals surface area contributed by atoms with E-state index in [1.807, 2.05) is 24.3 Å². The molecule has 1 saturated heterocycles. The van der Waals surface area contributed by atoms with Crippen LogP contribution in [0.3, 0.4) is 0 Å². The Morgan fingerprint density at radius 3 is 2.44 bits per heavy atom. The van der Waals surface area contributed by atoms with Crippen LogP contribution in [0.25, 0.3) is 11.1 Å². The molecule has 2 N–H and O–H groups in total. The number of rotatable bonds is 6. The second-order valence-electron chi connectivity index (χ2n) is 8.36. The third-order valence-electron chi connectivity index (χ3n) is 5.67. The predicted molar refractivity (Wildman–Crippen MR) is 127 cm³/mol. The maximum absolute atomic E-state index is 13.3. The van der Waals surface area contributed by atoms with Gasteiger partial charge in [0.25, 0.3) is 10.0 Å². The number of nitrogens with zero attached hydrogens (tertiary/aromatic N) is 1. The zero-order chi connectivity index (χ0) is 22.9. The summed E-state index contributed by atoms with van der Waals surface area (Å²) >= 11 is 0. The van der Waals surface area contributed by atoms with Crippen molar-refractivity contribution in [2.24, 2.45) is 0 Å². The molecule has 2 atom stereocenters. The van der Waals surface area contributed by atoms with Crippen LogP contribution in [0.4, 0.5) is 11.4 Å². The van der Waals surface area contributed by atoms with Gasteiger partial charge >= 0.3 is 0 Å². The molecule has 2 heterocycles. The van der Waals surface area contributed by atoms with Gasteiger partial charge in [-0.05, 0) is 68.3 Å². The highest BCUT2D eigenvalue weighted by molar-refractivity contribution is 7.92. The van der Waals surface area contributed by atoms with Crippen molar-refractivity contribution in [3.05, 3.63) is 60.6 Å².